The molecule has 4 N–H and O–H groups in total. The number of carbonyl (C=O) groups is 2. The second kappa shape index (κ2) is 2.09. The average molecular weight is 141 g/mol. The third kappa shape index (κ3) is 1.12. The molecular formula is C5H7N3O2. The van der Waals surface area contributed by atoms with E-state index in [1.165, 1.54) is 0 Å². The number of Topliss-reactive ketones (excluding diaryl/α,β-unsaturated/α-hetero) is 2. The summed E-state index contributed by atoms with van der Waals surface area (Å²) in [6.07, 6.45) is 0. The van der Waals surface area contributed by atoms with Crippen molar-refractivity contribution >= 4 is 17.5 Å². The Morgan fingerprint density at radius 2 is 1.90 bits per heavy atom. The van der Waals surface area contributed by atoms with Crippen LogP contribution in [0.1, 0.15) is 0 Å². The number of guanidine groups is 1. The molecule has 0 unspecified atom stereocenters. The molecule has 0 bridgehead atoms. The largest absolute Gasteiger partial charge is 0.370 e. The van der Waals surface area contributed by atoms with Gasteiger partial charge in [0.1, 0.15) is 5.92 Å². The van der Waals surface area contributed by atoms with E-state index < -0.39 is 5.92 Å². The maximum Gasteiger partial charge on any atom is 0.212 e. The van der Waals surface area contributed by atoms with Crippen LogP contribution in [0.15, 0.2) is 4.99 Å². The van der Waals surface area contributed by atoms with Gasteiger partial charge in [-0.2, -0.15) is 0 Å². The smallest absolute Gasteiger partial charge is 0.212 e. The molecule has 10 heavy (non-hydrogen) atoms. The molecule has 54 valence electrons. The van der Waals surface area contributed by atoms with E-state index >= 15 is 0 Å². The van der Waals surface area contributed by atoms with Crippen molar-refractivity contribution in [1.82, 2.24) is 0 Å². The lowest BCUT2D eigenvalue weighted by molar-refractivity contribution is -0.122. The fourth-order valence-electron chi connectivity index (χ4n) is 0.588. The van der Waals surface area contributed by atoms with Crippen molar-refractivity contribution in [2.45, 2.75) is 0 Å². The van der Waals surface area contributed by atoms with E-state index in [1.54, 1.807) is 0 Å². The molecule has 5 nitrogen and oxygen atoms in total. The monoisotopic (exact) mass is 141 g/mol. The van der Waals surface area contributed by atoms with Crippen LogP contribution in [0.4, 0.5) is 0 Å². The Morgan fingerprint density at radius 1 is 1.40 bits per heavy atom. The van der Waals surface area contributed by atoms with Crippen LogP contribution in [-0.2, 0) is 9.59 Å². The Hall–Kier alpha value is -1.39. The average Bonchev–Trinajstić information content (AvgIpc) is 2.38. The van der Waals surface area contributed by atoms with Gasteiger partial charge in [-0.25, -0.2) is 0 Å². The van der Waals surface area contributed by atoms with Gasteiger partial charge in [0.25, 0.3) is 0 Å². The number of nitrogens with zero attached hydrogens (tertiary/aromatic N) is 1. The van der Waals surface area contributed by atoms with Gasteiger partial charge < -0.3 is 11.5 Å². The molecule has 0 aromatic heterocycles. The van der Waals surface area contributed by atoms with Gasteiger partial charge in [0.2, 0.25) is 11.6 Å². The van der Waals surface area contributed by atoms with Gasteiger partial charge in [-0.1, -0.05) is 0 Å². The fourth-order valence-corrected chi connectivity index (χ4v) is 0.588. The lowest BCUT2D eigenvalue weighted by Crippen LogP contribution is -2.23. The van der Waals surface area contributed by atoms with Crippen molar-refractivity contribution < 1.29 is 9.59 Å². The molecule has 1 aliphatic rings. The van der Waals surface area contributed by atoms with Crippen molar-refractivity contribution in [2.75, 3.05) is 6.54 Å². The zero-order valence-electron chi connectivity index (χ0n) is 5.20. The van der Waals surface area contributed by atoms with Gasteiger partial charge in [-0.15, -0.1) is 0 Å². The van der Waals surface area contributed by atoms with Crippen LogP contribution in [0.25, 0.3) is 0 Å². The second-order valence-corrected chi connectivity index (χ2v) is 2.05. The Bertz CT molecular complexity index is 203. The number of rotatable bonds is 2. The topological polar surface area (TPSA) is 98.5 Å². The van der Waals surface area contributed by atoms with E-state index in [-0.39, 0.29) is 24.1 Å². The number of hydrogen-bond donors (Lipinski definition) is 2. The number of hydrogen-bond acceptors (Lipinski definition) is 3. The second-order valence-electron chi connectivity index (χ2n) is 2.05. The summed E-state index contributed by atoms with van der Waals surface area (Å²) in [4.78, 5) is 24.2. The summed E-state index contributed by atoms with van der Waals surface area (Å²) in [6.45, 7) is 0.111. The number of carbonyl (C=O) groups excluding carboxylic acids is 2. The molecule has 1 saturated carbocycles. The maximum atomic E-state index is 10.3. The summed E-state index contributed by atoms with van der Waals surface area (Å²) in [5, 5.41) is 0. The van der Waals surface area contributed by atoms with Gasteiger partial charge in [-0.3, -0.25) is 14.6 Å². The molecule has 1 fully saturated rings. The van der Waals surface area contributed by atoms with Gasteiger partial charge in [0.05, 0.1) is 6.54 Å². The van der Waals surface area contributed by atoms with Crippen LogP contribution in [-0.4, -0.2) is 24.1 Å². The summed E-state index contributed by atoms with van der Waals surface area (Å²) in [5.74, 6) is -1.38. The predicted molar refractivity (Wildman–Crippen MR) is 34.2 cm³/mol. The highest BCUT2D eigenvalue weighted by atomic mass is 16.2. The van der Waals surface area contributed by atoms with Gasteiger partial charge in [0, 0.05) is 0 Å². The van der Waals surface area contributed by atoms with E-state index in [9.17, 15) is 9.59 Å². The molecule has 0 radical (unpaired) electrons. The fraction of sp³-hybridized carbons (Fsp3) is 0.400. The first-order valence-electron chi connectivity index (χ1n) is 2.76. The zero-order chi connectivity index (χ0) is 7.72. The van der Waals surface area contributed by atoms with Crippen molar-refractivity contribution in [3.63, 3.8) is 0 Å². The Morgan fingerprint density at radius 3 is 2.20 bits per heavy atom. The lowest BCUT2D eigenvalue weighted by atomic mass is 10.4. The quantitative estimate of drug-likeness (QED) is 0.201. The molecule has 0 aromatic rings. The van der Waals surface area contributed by atoms with E-state index in [2.05, 4.69) is 4.99 Å². The van der Waals surface area contributed by atoms with Gasteiger partial charge >= 0.3 is 0 Å². The minimum absolute atomic E-state index is 0.0903. The first-order valence-corrected chi connectivity index (χ1v) is 2.76. The first kappa shape index (κ1) is 6.73. The highest BCUT2D eigenvalue weighted by Gasteiger charge is 2.47. The molecule has 0 amide bonds. The number of ketones is 2. The predicted octanol–water partition coefficient (Wildman–Crippen LogP) is -1.97. The van der Waals surface area contributed by atoms with Crippen LogP contribution in [0.3, 0.4) is 0 Å². The van der Waals surface area contributed by atoms with Crippen molar-refractivity contribution in [2.24, 2.45) is 22.4 Å². The van der Waals surface area contributed by atoms with Gasteiger partial charge in [-0.05, 0) is 0 Å². The molecule has 0 atom stereocenters. The first-order chi connectivity index (χ1) is 4.63. The molecule has 0 heterocycles. The molecule has 0 spiro atoms. The zero-order valence-corrected chi connectivity index (χ0v) is 5.20. The minimum Gasteiger partial charge on any atom is -0.370 e. The molecule has 0 aliphatic heterocycles. The van der Waals surface area contributed by atoms with Crippen LogP contribution < -0.4 is 11.5 Å². The van der Waals surface area contributed by atoms with E-state index in [0.717, 1.165) is 0 Å². The van der Waals surface area contributed by atoms with Crippen LogP contribution in [0.5, 0.6) is 0 Å². The molecular weight excluding hydrogens is 134 g/mol. The van der Waals surface area contributed by atoms with Crippen LogP contribution >= 0.6 is 0 Å². The lowest BCUT2D eigenvalue weighted by Gasteiger charge is -1.86. The highest BCUT2D eigenvalue weighted by molar-refractivity contribution is 6.60. The van der Waals surface area contributed by atoms with Crippen molar-refractivity contribution in [1.29, 1.82) is 0 Å². The van der Waals surface area contributed by atoms with Crippen LogP contribution in [0, 0.1) is 5.92 Å². The summed E-state index contributed by atoms with van der Waals surface area (Å²) in [7, 11) is 0. The Labute approximate surface area is 57.1 Å². The SMILES string of the molecule is NC(N)=NCC1C(=O)C1=O. The molecule has 0 aromatic carbocycles. The molecule has 5 heteroatoms. The van der Waals surface area contributed by atoms with E-state index in [4.69, 9.17) is 11.5 Å². The molecule has 1 aliphatic carbocycles. The standard InChI is InChI=1S/C5H7N3O2/c6-5(7)8-1-2-3(9)4(2)10/h2H,1H2,(H4,6,7,8). The summed E-state index contributed by atoms with van der Waals surface area (Å²) >= 11 is 0. The normalized spacial score (nSPS) is 17.2. The summed E-state index contributed by atoms with van der Waals surface area (Å²) < 4.78 is 0. The Kier molecular flexibility index (Phi) is 1.41. The molecule has 0 saturated heterocycles. The minimum atomic E-state index is -0.554. The third-order valence-corrected chi connectivity index (χ3v) is 1.25. The molecule has 1 rings (SSSR count). The third-order valence-electron chi connectivity index (χ3n) is 1.25. The van der Waals surface area contributed by atoms with E-state index in [1.807, 2.05) is 0 Å². The Balaban J connectivity index is 2.37. The van der Waals surface area contributed by atoms with Crippen molar-refractivity contribution in [3.8, 4) is 0 Å². The van der Waals surface area contributed by atoms with Gasteiger partial charge in [0.15, 0.2) is 5.96 Å². The van der Waals surface area contributed by atoms with Crippen LogP contribution in [0.2, 0.25) is 0 Å². The maximum absolute atomic E-state index is 10.3. The summed E-state index contributed by atoms with van der Waals surface area (Å²) in [5.41, 5.74) is 9.93. The summed E-state index contributed by atoms with van der Waals surface area (Å²) in [6, 6.07) is 0. The number of nitrogens with two attached hydrogens (primary N) is 2. The van der Waals surface area contributed by atoms with E-state index in [0.29, 0.717) is 0 Å². The number of aliphatic imine (C=N–C) groups is 1. The highest BCUT2D eigenvalue weighted by Crippen LogP contribution is 2.18. The van der Waals surface area contributed by atoms with Crippen molar-refractivity contribution in [3.05, 3.63) is 0 Å².